The van der Waals surface area contributed by atoms with Gasteiger partial charge in [-0.3, -0.25) is 4.79 Å². The van der Waals surface area contributed by atoms with Gasteiger partial charge in [-0.05, 0) is 56.3 Å². The van der Waals surface area contributed by atoms with Crippen molar-refractivity contribution in [3.05, 3.63) is 71.0 Å². The SMILES string of the molecule is COc1ccc(-n2c(C)cc(C(=O)NCc3ccc(OC)cc3OC)c2C)cc1. The zero-order valence-corrected chi connectivity index (χ0v) is 17.4. The molecule has 0 aliphatic heterocycles. The third kappa shape index (κ3) is 4.21. The van der Waals surface area contributed by atoms with Crippen LogP contribution in [0.5, 0.6) is 17.2 Å². The molecule has 0 saturated heterocycles. The molecule has 2 aromatic carbocycles. The van der Waals surface area contributed by atoms with Crippen molar-refractivity contribution in [3.8, 4) is 22.9 Å². The van der Waals surface area contributed by atoms with E-state index in [-0.39, 0.29) is 5.91 Å². The van der Waals surface area contributed by atoms with E-state index in [4.69, 9.17) is 14.2 Å². The fraction of sp³-hybridized carbons (Fsp3) is 0.261. The molecule has 0 saturated carbocycles. The minimum atomic E-state index is -0.129. The summed E-state index contributed by atoms with van der Waals surface area (Å²) in [6.45, 7) is 4.29. The van der Waals surface area contributed by atoms with Crippen LogP contribution in [0, 0.1) is 13.8 Å². The third-order valence-corrected chi connectivity index (χ3v) is 4.94. The Balaban J connectivity index is 1.80. The molecule has 0 fully saturated rings. The van der Waals surface area contributed by atoms with Crippen LogP contribution in [0.4, 0.5) is 0 Å². The van der Waals surface area contributed by atoms with Gasteiger partial charge in [0.05, 0.1) is 26.9 Å². The molecule has 152 valence electrons. The Bertz CT molecular complexity index is 1010. The number of hydrogen-bond donors (Lipinski definition) is 1. The van der Waals surface area contributed by atoms with E-state index in [0.29, 0.717) is 23.6 Å². The molecule has 0 bridgehead atoms. The molecule has 1 N–H and O–H groups in total. The topological polar surface area (TPSA) is 61.7 Å². The molecule has 1 amide bonds. The van der Waals surface area contributed by atoms with Crippen LogP contribution in [0.15, 0.2) is 48.5 Å². The highest BCUT2D eigenvalue weighted by Gasteiger charge is 2.17. The van der Waals surface area contributed by atoms with Crippen LogP contribution in [-0.4, -0.2) is 31.8 Å². The minimum Gasteiger partial charge on any atom is -0.497 e. The first-order valence-electron chi connectivity index (χ1n) is 9.31. The maximum atomic E-state index is 12.8. The normalized spacial score (nSPS) is 10.5. The van der Waals surface area contributed by atoms with E-state index >= 15 is 0 Å². The zero-order valence-electron chi connectivity index (χ0n) is 17.4. The number of nitrogens with one attached hydrogen (secondary N) is 1. The summed E-state index contributed by atoms with van der Waals surface area (Å²) >= 11 is 0. The lowest BCUT2D eigenvalue weighted by Crippen LogP contribution is -2.23. The zero-order chi connectivity index (χ0) is 21.0. The Kier molecular flexibility index (Phi) is 6.12. The lowest BCUT2D eigenvalue weighted by Gasteiger charge is -2.12. The first-order chi connectivity index (χ1) is 14.0. The van der Waals surface area contributed by atoms with Crippen molar-refractivity contribution in [1.82, 2.24) is 9.88 Å². The Morgan fingerprint density at radius 2 is 1.55 bits per heavy atom. The lowest BCUT2D eigenvalue weighted by molar-refractivity contribution is 0.0950. The van der Waals surface area contributed by atoms with Gasteiger partial charge in [0.2, 0.25) is 0 Å². The molecule has 0 aliphatic rings. The first kappa shape index (κ1) is 20.3. The van der Waals surface area contributed by atoms with Gasteiger partial charge in [-0.15, -0.1) is 0 Å². The summed E-state index contributed by atoms with van der Waals surface area (Å²) in [6, 6.07) is 15.2. The van der Waals surface area contributed by atoms with E-state index < -0.39 is 0 Å². The number of benzene rings is 2. The monoisotopic (exact) mass is 394 g/mol. The van der Waals surface area contributed by atoms with Crippen molar-refractivity contribution < 1.29 is 19.0 Å². The summed E-state index contributed by atoms with van der Waals surface area (Å²) < 4.78 is 17.9. The van der Waals surface area contributed by atoms with E-state index in [1.165, 1.54) is 0 Å². The molecular weight excluding hydrogens is 368 g/mol. The summed E-state index contributed by atoms with van der Waals surface area (Å²) in [5, 5.41) is 2.99. The molecule has 0 aliphatic carbocycles. The predicted molar refractivity (Wildman–Crippen MR) is 113 cm³/mol. The first-order valence-corrected chi connectivity index (χ1v) is 9.31. The largest absolute Gasteiger partial charge is 0.497 e. The third-order valence-electron chi connectivity index (χ3n) is 4.94. The minimum absolute atomic E-state index is 0.129. The highest BCUT2D eigenvalue weighted by atomic mass is 16.5. The van der Waals surface area contributed by atoms with E-state index in [2.05, 4.69) is 9.88 Å². The average molecular weight is 394 g/mol. The van der Waals surface area contributed by atoms with Gasteiger partial charge in [0, 0.05) is 35.2 Å². The van der Waals surface area contributed by atoms with Crippen molar-refractivity contribution in [3.63, 3.8) is 0 Å². The van der Waals surface area contributed by atoms with E-state index in [9.17, 15) is 4.79 Å². The van der Waals surface area contributed by atoms with Crippen LogP contribution in [-0.2, 0) is 6.54 Å². The molecule has 0 atom stereocenters. The van der Waals surface area contributed by atoms with Gasteiger partial charge in [0.1, 0.15) is 17.2 Å². The Labute approximate surface area is 171 Å². The second-order valence-corrected chi connectivity index (χ2v) is 6.68. The maximum Gasteiger partial charge on any atom is 0.253 e. The number of aromatic nitrogens is 1. The fourth-order valence-corrected chi connectivity index (χ4v) is 3.39. The summed E-state index contributed by atoms with van der Waals surface area (Å²) in [7, 11) is 4.85. The van der Waals surface area contributed by atoms with Crippen molar-refractivity contribution >= 4 is 5.91 Å². The lowest BCUT2D eigenvalue weighted by atomic mass is 10.1. The van der Waals surface area contributed by atoms with Crippen LogP contribution in [0.1, 0.15) is 27.3 Å². The molecule has 6 nitrogen and oxygen atoms in total. The van der Waals surface area contributed by atoms with Gasteiger partial charge < -0.3 is 24.1 Å². The number of methoxy groups -OCH3 is 3. The van der Waals surface area contributed by atoms with Crippen LogP contribution >= 0.6 is 0 Å². The van der Waals surface area contributed by atoms with Crippen molar-refractivity contribution in [2.24, 2.45) is 0 Å². The van der Waals surface area contributed by atoms with Crippen molar-refractivity contribution in [2.45, 2.75) is 20.4 Å². The standard InChI is InChI=1S/C23H26N2O4/c1-15-12-21(16(2)25(15)18-7-10-19(27-3)11-8-18)23(26)24-14-17-6-9-20(28-4)13-22(17)29-5/h6-13H,14H2,1-5H3,(H,24,26). The predicted octanol–water partition coefficient (Wildman–Crippen LogP) is 4.05. The summed E-state index contributed by atoms with van der Waals surface area (Å²) in [4.78, 5) is 12.8. The molecule has 3 rings (SSSR count). The molecule has 6 heteroatoms. The van der Waals surface area contributed by atoms with E-state index in [1.54, 1.807) is 27.4 Å². The van der Waals surface area contributed by atoms with Gasteiger partial charge >= 0.3 is 0 Å². The fourth-order valence-electron chi connectivity index (χ4n) is 3.39. The Morgan fingerprint density at radius 3 is 2.17 bits per heavy atom. The van der Waals surface area contributed by atoms with E-state index in [0.717, 1.165) is 28.4 Å². The van der Waals surface area contributed by atoms with Gasteiger partial charge in [-0.2, -0.15) is 0 Å². The average Bonchev–Trinajstić information content (AvgIpc) is 3.05. The van der Waals surface area contributed by atoms with Gasteiger partial charge in [0.25, 0.3) is 5.91 Å². The number of ether oxygens (including phenoxy) is 3. The number of nitrogens with zero attached hydrogens (tertiary/aromatic N) is 1. The molecule has 3 aromatic rings. The number of rotatable bonds is 7. The molecule has 0 radical (unpaired) electrons. The smallest absolute Gasteiger partial charge is 0.253 e. The highest BCUT2D eigenvalue weighted by Crippen LogP contribution is 2.25. The summed E-state index contributed by atoms with van der Waals surface area (Å²) in [5.41, 5.74) is 4.37. The molecule has 1 heterocycles. The number of aryl methyl sites for hydroxylation is 1. The number of carbonyl (C=O) groups is 1. The Hall–Kier alpha value is -3.41. The second-order valence-electron chi connectivity index (χ2n) is 6.68. The molecule has 29 heavy (non-hydrogen) atoms. The maximum absolute atomic E-state index is 12.8. The van der Waals surface area contributed by atoms with Crippen molar-refractivity contribution in [2.75, 3.05) is 21.3 Å². The summed E-state index contributed by atoms with van der Waals surface area (Å²) in [5.74, 6) is 2.05. The second kappa shape index (κ2) is 8.73. The number of carbonyl (C=O) groups excluding carboxylic acids is 1. The van der Waals surface area contributed by atoms with Gasteiger partial charge in [-0.25, -0.2) is 0 Å². The molecule has 1 aromatic heterocycles. The van der Waals surface area contributed by atoms with Crippen LogP contribution in [0.3, 0.4) is 0 Å². The summed E-state index contributed by atoms with van der Waals surface area (Å²) in [6.07, 6.45) is 0. The van der Waals surface area contributed by atoms with Crippen LogP contribution in [0.25, 0.3) is 5.69 Å². The quantitative estimate of drug-likeness (QED) is 0.657. The highest BCUT2D eigenvalue weighted by molar-refractivity contribution is 5.95. The van der Waals surface area contributed by atoms with Crippen LogP contribution < -0.4 is 19.5 Å². The van der Waals surface area contributed by atoms with Crippen LogP contribution in [0.2, 0.25) is 0 Å². The van der Waals surface area contributed by atoms with Gasteiger partial charge in [-0.1, -0.05) is 0 Å². The Morgan fingerprint density at radius 1 is 0.897 bits per heavy atom. The number of amides is 1. The molecule has 0 spiro atoms. The molecule has 0 unspecified atom stereocenters. The van der Waals surface area contributed by atoms with Crippen molar-refractivity contribution in [1.29, 1.82) is 0 Å². The van der Waals surface area contributed by atoms with E-state index in [1.807, 2.05) is 56.3 Å². The van der Waals surface area contributed by atoms with Gasteiger partial charge in [0.15, 0.2) is 0 Å². The number of hydrogen-bond acceptors (Lipinski definition) is 4. The molecular formula is C23H26N2O4.